The molecule has 2 rings (SSSR count). The fourth-order valence-corrected chi connectivity index (χ4v) is 2.35. The molecule has 1 aliphatic carbocycles. The highest BCUT2D eigenvalue weighted by Crippen LogP contribution is 2.36. The Bertz CT molecular complexity index is 329. The van der Waals surface area contributed by atoms with E-state index in [0.717, 1.165) is 10.2 Å². The zero-order valence-electron chi connectivity index (χ0n) is 8.59. The van der Waals surface area contributed by atoms with E-state index in [-0.39, 0.29) is 0 Å². The van der Waals surface area contributed by atoms with Crippen molar-refractivity contribution >= 4 is 15.9 Å². The molecule has 2 heteroatoms. The van der Waals surface area contributed by atoms with Crippen molar-refractivity contribution in [2.24, 2.45) is 0 Å². The summed E-state index contributed by atoms with van der Waals surface area (Å²) in [6.45, 7) is 4.39. The second-order valence-electron chi connectivity index (χ2n) is 4.12. The van der Waals surface area contributed by atoms with Gasteiger partial charge in [0.1, 0.15) is 5.75 Å². The van der Waals surface area contributed by atoms with Crippen molar-refractivity contribution in [1.82, 2.24) is 0 Å². The lowest BCUT2D eigenvalue weighted by molar-refractivity contribution is 0.298. The Morgan fingerprint density at radius 1 is 1.36 bits per heavy atom. The number of hydrogen-bond donors (Lipinski definition) is 0. The van der Waals surface area contributed by atoms with Crippen LogP contribution in [-0.2, 0) is 0 Å². The monoisotopic (exact) mass is 254 g/mol. The molecule has 0 radical (unpaired) electrons. The summed E-state index contributed by atoms with van der Waals surface area (Å²) in [6.07, 6.45) is 2.90. The van der Waals surface area contributed by atoms with Gasteiger partial charge in [-0.3, -0.25) is 0 Å². The maximum Gasteiger partial charge on any atom is 0.124 e. The van der Waals surface area contributed by atoms with Crippen LogP contribution in [0.2, 0.25) is 0 Å². The molecule has 1 aliphatic rings. The highest BCUT2D eigenvalue weighted by atomic mass is 79.9. The summed E-state index contributed by atoms with van der Waals surface area (Å²) in [6, 6.07) is 6.18. The van der Waals surface area contributed by atoms with Crippen LogP contribution in [0.5, 0.6) is 5.75 Å². The largest absolute Gasteiger partial charge is 0.490 e. The standard InChI is InChI=1S/C12H15BrO/c1-8(2)12-10(13)4-3-5-11(12)14-9-6-7-9/h3-5,8-9H,6-7H2,1-2H3. The van der Waals surface area contributed by atoms with E-state index >= 15 is 0 Å². The Labute approximate surface area is 93.6 Å². The lowest BCUT2D eigenvalue weighted by atomic mass is 10.0. The predicted octanol–water partition coefficient (Wildman–Crippen LogP) is 4.11. The van der Waals surface area contributed by atoms with Crippen LogP contribution in [-0.4, -0.2) is 6.10 Å². The van der Waals surface area contributed by atoms with E-state index in [4.69, 9.17) is 4.74 Å². The van der Waals surface area contributed by atoms with Gasteiger partial charge >= 0.3 is 0 Å². The topological polar surface area (TPSA) is 9.23 Å². The van der Waals surface area contributed by atoms with Gasteiger partial charge in [-0.15, -0.1) is 0 Å². The van der Waals surface area contributed by atoms with Crippen LogP contribution in [0.4, 0.5) is 0 Å². The zero-order valence-corrected chi connectivity index (χ0v) is 10.2. The van der Waals surface area contributed by atoms with Gasteiger partial charge in [0.25, 0.3) is 0 Å². The van der Waals surface area contributed by atoms with Gasteiger partial charge in [0.15, 0.2) is 0 Å². The van der Waals surface area contributed by atoms with Crippen molar-refractivity contribution in [3.63, 3.8) is 0 Å². The van der Waals surface area contributed by atoms with Crippen LogP contribution in [0.15, 0.2) is 22.7 Å². The maximum atomic E-state index is 5.87. The smallest absolute Gasteiger partial charge is 0.124 e. The van der Waals surface area contributed by atoms with E-state index in [9.17, 15) is 0 Å². The molecule has 0 aromatic heterocycles. The SMILES string of the molecule is CC(C)c1c(Br)cccc1OC1CC1. The highest BCUT2D eigenvalue weighted by Gasteiger charge is 2.25. The second-order valence-corrected chi connectivity index (χ2v) is 4.98. The Hall–Kier alpha value is -0.500. The number of hydrogen-bond acceptors (Lipinski definition) is 1. The maximum absolute atomic E-state index is 5.87. The molecule has 0 saturated heterocycles. The van der Waals surface area contributed by atoms with Crippen molar-refractivity contribution in [1.29, 1.82) is 0 Å². The van der Waals surface area contributed by atoms with E-state index in [2.05, 4.69) is 41.9 Å². The molecule has 0 amide bonds. The summed E-state index contributed by atoms with van der Waals surface area (Å²) in [7, 11) is 0. The fraction of sp³-hybridized carbons (Fsp3) is 0.500. The van der Waals surface area contributed by atoms with Crippen LogP contribution in [0.1, 0.15) is 38.2 Å². The Kier molecular flexibility index (Phi) is 2.82. The van der Waals surface area contributed by atoms with E-state index in [1.54, 1.807) is 0 Å². The van der Waals surface area contributed by atoms with E-state index in [0.29, 0.717) is 12.0 Å². The van der Waals surface area contributed by atoms with Crippen LogP contribution in [0, 0.1) is 0 Å². The fourth-order valence-electron chi connectivity index (χ4n) is 1.55. The first-order valence-corrected chi connectivity index (χ1v) is 5.93. The molecule has 1 aromatic carbocycles. The zero-order chi connectivity index (χ0) is 10.1. The van der Waals surface area contributed by atoms with E-state index in [1.807, 2.05) is 6.07 Å². The van der Waals surface area contributed by atoms with Gasteiger partial charge in [-0.25, -0.2) is 0 Å². The summed E-state index contributed by atoms with van der Waals surface area (Å²) < 4.78 is 7.03. The van der Waals surface area contributed by atoms with Gasteiger partial charge in [0.2, 0.25) is 0 Å². The highest BCUT2D eigenvalue weighted by molar-refractivity contribution is 9.10. The predicted molar refractivity (Wildman–Crippen MR) is 61.9 cm³/mol. The first-order chi connectivity index (χ1) is 6.68. The Morgan fingerprint density at radius 3 is 2.64 bits per heavy atom. The third kappa shape index (κ3) is 2.11. The van der Waals surface area contributed by atoms with Gasteiger partial charge in [0.05, 0.1) is 6.10 Å². The first-order valence-electron chi connectivity index (χ1n) is 5.13. The third-order valence-corrected chi connectivity index (χ3v) is 3.10. The molecule has 0 N–H and O–H groups in total. The quantitative estimate of drug-likeness (QED) is 0.789. The van der Waals surface area contributed by atoms with Gasteiger partial charge in [-0.1, -0.05) is 35.8 Å². The lowest BCUT2D eigenvalue weighted by Gasteiger charge is -2.15. The molecule has 1 fully saturated rings. The molecular formula is C12H15BrO. The van der Waals surface area contributed by atoms with Gasteiger partial charge in [-0.05, 0) is 30.9 Å². The minimum atomic E-state index is 0.474. The van der Waals surface area contributed by atoms with E-state index in [1.165, 1.54) is 18.4 Å². The van der Waals surface area contributed by atoms with E-state index < -0.39 is 0 Å². The van der Waals surface area contributed by atoms with Crippen LogP contribution < -0.4 is 4.74 Å². The van der Waals surface area contributed by atoms with Crippen molar-refractivity contribution in [2.45, 2.75) is 38.7 Å². The Morgan fingerprint density at radius 2 is 2.07 bits per heavy atom. The lowest BCUT2D eigenvalue weighted by Crippen LogP contribution is -2.01. The van der Waals surface area contributed by atoms with Crippen LogP contribution in [0.3, 0.4) is 0 Å². The number of ether oxygens (including phenoxy) is 1. The summed E-state index contributed by atoms with van der Waals surface area (Å²) >= 11 is 3.58. The molecule has 0 unspecified atom stereocenters. The minimum Gasteiger partial charge on any atom is -0.490 e. The summed E-state index contributed by atoms with van der Waals surface area (Å²) in [5.74, 6) is 1.55. The molecule has 76 valence electrons. The molecular weight excluding hydrogens is 240 g/mol. The second kappa shape index (κ2) is 3.93. The molecule has 0 atom stereocenters. The Balaban J connectivity index is 2.30. The van der Waals surface area contributed by atoms with Crippen molar-refractivity contribution < 1.29 is 4.74 Å². The van der Waals surface area contributed by atoms with Gasteiger partial charge in [0, 0.05) is 10.0 Å². The third-order valence-electron chi connectivity index (χ3n) is 2.41. The van der Waals surface area contributed by atoms with Crippen molar-refractivity contribution in [2.75, 3.05) is 0 Å². The van der Waals surface area contributed by atoms with Crippen LogP contribution >= 0.6 is 15.9 Å². The van der Waals surface area contributed by atoms with Crippen molar-refractivity contribution in [3.05, 3.63) is 28.2 Å². The number of benzene rings is 1. The van der Waals surface area contributed by atoms with Gasteiger partial charge < -0.3 is 4.74 Å². The molecule has 1 aromatic rings. The number of rotatable bonds is 3. The first kappa shape index (κ1) is 10.0. The van der Waals surface area contributed by atoms with Crippen molar-refractivity contribution in [3.8, 4) is 5.75 Å². The molecule has 0 aliphatic heterocycles. The molecule has 0 spiro atoms. The molecule has 1 saturated carbocycles. The molecule has 1 nitrogen and oxygen atoms in total. The summed E-state index contributed by atoms with van der Waals surface area (Å²) in [4.78, 5) is 0. The molecule has 14 heavy (non-hydrogen) atoms. The summed E-state index contributed by atoms with van der Waals surface area (Å²) in [5, 5.41) is 0. The van der Waals surface area contributed by atoms with Crippen LogP contribution in [0.25, 0.3) is 0 Å². The average molecular weight is 255 g/mol. The molecule has 0 bridgehead atoms. The van der Waals surface area contributed by atoms with Gasteiger partial charge in [-0.2, -0.15) is 0 Å². The molecule has 0 heterocycles. The summed E-state index contributed by atoms with van der Waals surface area (Å²) in [5.41, 5.74) is 1.29. The number of halogens is 1. The minimum absolute atomic E-state index is 0.474. The average Bonchev–Trinajstić information content (AvgIpc) is 2.87. The normalized spacial score (nSPS) is 16.0.